The molecule has 0 heterocycles. The van der Waals surface area contributed by atoms with Crippen LogP contribution in [-0.4, -0.2) is 43.5 Å². The minimum Gasteiger partial charge on any atom is -0.465 e. The van der Waals surface area contributed by atoms with Crippen LogP contribution in [0.4, 0.5) is 4.79 Å². The molecule has 1 rings (SSSR count). The molecule has 0 saturated heterocycles. The topological polar surface area (TPSA) is 117 Å². The van der Waals surface area contributed by atoms with Gasteiger partial charge in [-0.2, -0.15) is 0 Å². The van der Waals surface area contributed by atoms with Gasteiger partial charge in [0.2, 0.25) is 5.91 Å². The first kappa shape index (κ1) is 21.4. The molecule has 1 saturated carbocycles. The number of carbonyl (C=O) groups is 3. The van der Waals surface area contributed by atoms with E-state index in [1.807, 2.05) is 0 Å². The van der Waals surface area contributed by atoms with Crippen LogP contribution < -0.4 is 16.2 Å². The first-order valence-electron chi connectivity index (χ1n) is 8.58. The molecule has 0 aromatic heterocycles. The Kier molecular flexibility index (Phi) is 7.01. The molecule has 0 aromatic rings. The fraction of sp³-hybridized carbons (Fsp3) is 0.812. The first-order chi connectivity index (χ1) is 11.3. The van der Waals surface area contributed by atoms with Crippen molar-refractivity contribution in [1.82, 2.24) is 16.2 Å². The van der Waals surface area contributed by atoms with Crippen LogP contribution in [0.5, 0.6) is 0 Å². The number of amides is 3. The summed E-state index contributed by atoms with van der Waals surface area (Å²) in [6.07, 6.45) is -0.156. The summed E-state index contributed by atoms with van der Waals surface area (Å²) in [5.41, 5.74) is 4.81. The lowest BCUT2D eigenvalue weighted by Crippen LogP contribution is -2.52. The number of nitrogens with one attached hydrogen (secondary N) is 3. The minimum absolute atomic E-state index is 0.00443. The number of hydrogen-bond donors (Lipinski definition) is 4. The number of rotatable bonds is 6. The van der Waals surface area contributed by atoms with Crippen LogP contribution in [0.1, 0.15) is 47.0 Å². The van der Waals surface area contributed by atoms with Crippen molar-refractivity contribution in [3.05, 3.63) is 0 Å². The first-order valence-corrected chi connectivity index (χ1v) is 11.5. The third-order valence-corrected chi connectivity index (χ3v) is 9.56. The van der Waals surface area contributed by atoms with Crippen molar-refractivity contribution in [1.29, 1.82) is 0 Å². The molecule has 144 valence electrons. The Hall–Kier alpha value is -1.61. The Morgan fingerprint density at radius 2 is 1.76 bits per heavy atom. The van der Waals surface area contributed by atoms with Crippen LogP contribution in [0.15, 0.2) is 0 Å². The zero-order chi connectivity index (χ0) is 19.4. The highest BCUT2D eigenvalue weighted by Crippen LogP contribution is 2.37. The third kappa shape index (κ3) is 6.66. The van der Waals surface area contributed by atoms with Crippen molar-refractivity contribution in [3.63, 3.8) is 0 Å². The second-order valence-corrected chi connectivity index (χ2v) is 13.0. The predicted molar refractivity (Wildman–Crippen MR) is 96.3 cm³/mol. The average molecular weight is 374 g/mol. The lowest BCUT2D eigenvalue weighted by atomic mass is 9.78. The van der Waals surface area contributed by atoms with Crippen molar-refractivity contribution in [2.45, 2.75) is 77.2 Å². The lowest BCUT2D eigenvalue weighted by molar-refractivity contribution is -0.133. The van der Waals surface area contributed by atoms with E-state index in [1.165, 1.54) is 0 Å². The summed E-state index contributed by atoms with van der Waals surface area (Å²) in [6, 6.07) is -0.0806. The molecule has 0 bridgehead atoms. The molecule has 1 unspecified atom stereocenters. The molecular weight excluding hydrogens is 342 g/mol. The van der Waals surface area contributed by atoms with Crippen LogP contribution in [0.2, 0.25) is 18.1 Å². The van der Waals surface area contributed by atoms with Crippen molar-refractivity contribution >= 4 is 26.2 Å². The third-order valence-electron chi connectivity index (χ3n) is 5.01. The second kappa shape index (κ2) is 8.18. The summed E-state index contributed by atoms with van der Waals surface area (Å²) in [4.78, 5) is 34.4. The van der Waals surface area contributed by atoms with E-state index in [9.17, 15) is 14.4 Å². The van der Waals surface area contributed by atoms with Gasteiger partial charge in [-0.05, 0) is 43.8 Å². The number of hydrogen-bond acceptors (Lipinski definition) is 4. The smallest absolute Gasteiger partial charge is 0.404 e. The number of carboxylic acid groups (broad SMARTS) is 1. The maximum atomic E-state index is 12.1. The highest BCUT2D eigenvalue weighted by Gasteiger charge is 2.39. The molecule has 1 atom stereocenters. The standard InChI is InChI=1S/C16H31N3O5Si/c1-10(24-25(5,6)16(2,3)4)14(21)19-18-13(20)9-11-7-12(8-11)17-15(22)23/h10-12,17H,7-9H2,1-6H3,(H,18,20)(H,19,21)(H,22,23). The highest BCUT2D eigenvalue weighted by atomic mass is 28.4. The molecule has 0 aromatic carbocycles. The zero-order valence-corrected chi connectivity index (χ0v) is 16.9. The molecule has 0 aliphatic heterocycles. The van der Waals surface area contributed by atoms with Crippen molar-refractivity contribution in [2.24, 2.45) is 5.92 Å². The molecule has 9 heteroatoms. The summed E-state index contributed by atoms with van der Waals surface area (Å²) in [7, 11) is -2.06. The van der Waals surface area contributed by atoms with Gasteiger partial charge in [-0.3, -0.25) is 20.4 Å². The largest absolute Gasteiger partial charge is 0.465 e. The molecule has 3 amide bonds. The van der Waals surface area contributed by atoms with E-state index in [0.29, 0.717) is 12.8 Å². The average Bonchev–Trinajstić information content (AvgIpc) is 2.40. The quantitative estimate of drug-likeness (QED) is 0.419. The Morgan fingerprint density at radius 1 is 1.20 bits per heavy atom. The van der Waals surface area contributed by atoms with Gasteiger partial charge in [0, 0.05) is 12.5 Å². The Morgan fingerprint density at radius 3 is 2.24 bits per heavy atom. The van der Waals surface area contributed by atoms with E-state index in [4.69, 9.17) is 9.53 Å². The SMILES string of the molecule is CC(O[Si](C)(C)C(C)(C)C)C(=O)NNC(=O)CC1CC(NC(=O)O)C1. The minimum atomic E-state index is -2.06. The highest BCUT2D eigenvalue weighted by molar-refractivity contribution is 6.74. The summed E-state index contributed by atoms with van der Waals surface area (Å²) < 4.78 is 5.97. The van der Waals surface area contributed by atoms with Crippen LogP contribution in [0, 0.1) is 5.92 Å². The maximum Gasteiger partial charge on any atom is 0.404 e. The Labute approximate surface area is 150 Å². The molecule has 1 aliphatic rings. The number of carbonyl (C=O) groups excluding carboxylic acids is 2. The van der Waals surface area contributed by atoms with Crippen LogP contribution in [0.3, 0.4) is 0 Å². The molecule has 0 radical (unpaired) electrons. The van der Waals surface area contributed by atoms with E-state index in [1.54, 1.807) is 6.92 Å². The zero-order valence-electron chi connectivity index (χ0n) is 15.9. The van der Waals surface area contributed by atoms with Gasteiger partial charge < -0.3 is 14.8 Å². The van der Waals surface area contributed by atoms with Crippen molar-refractivity contribution < 1.29 is 23.9 Å². The van der Waals surface area contributed by atoms with Gasteiger partial charge in [0.1, 0.15) is 6.10 Å². The van der Waals surface area contributed by atoms with Crippen LogP contribution >= 0.6 is 0 Å². The van der Waals surface area contributed by atoms with E-state index >= 15 is 0 Å². The van der Waals surface area contributed by atoms with Crippen LogP contribution in [-0.2, 0) is 14.0 Å². The molecule has 1 aliphatic carbocycles. The fourth-order valence-electron chi connectivity index (χ4n) is 2.41. The monoisotopic (exact) mass is 373 g/mol. The van der Waals surface area contributed by atoms with E-state index < -0.39 is 20.5 Å². The predicted octanol–water partition coefficient (Wildman–Crippen LogP) is 1.98. The van der Waals surface area contributed by atoms with Crippen molar-refractivity contribution in [3.8, 4) is 0 Å². The maximum absolute atomic E-state index is 12.1. The number of hydrazine groups is 1. The van der Waals surface area contributed by atoms with Gasteiger partial charge in [-0.1, -0.05) is 20.8 Å². The van der Waals surface area contributed by atoms with Crippen LogP contribution in [0.25, 0.3) is 0 Å². The van der Waals surface area contributed by atoms with Gasteiger partial charge in [-0.15, -0.1) is 0 Å². The van der Waals surface area contributed by atoms with E-state index in [2.05, 4.69) is 50.0 Å². The van der Waals surface area contributed by atoms with E-state index in [0.717, 1.165) is 0 Å². The summed E-state index contributed by atoms with van der Waals surface area (Å²) >= 11 is 0. The molecule has 25 heavy (non-hydrogen) atoms. The lowest BCUT2D eigenvalue weighted by Gasteiger charge is -2.38. The van der Waals surface area contributed by atoms with E-state index in [-0.39, 0.29) is 35.2 Å². The Balaban J connectivity index is 2.29. The van der Waals surface area contributed by atoms with Gasteiger partial charge in [-0.25, -0.2) is 4.79 Å². The summed E-state index contributed by atoms with van der Waals surface area (Å²) in [5, 5.41) is 11.0. The molecule has 4 N–H and O–H groups in total. The Bertz CT molecular complexity index is 512. The fourth-order valence-corrected chi connectivity index (χ4v) is 3.76. The van der Waals surface area contributed by atoms with Crippen molar-refractivity contribution in [2.75, 3.05) is 0 Å². The van der Waals surface area contributed by atoms with Gasteiger partial charge in [0.15, 0.2) is 8.32 Å². The molecule has 0 spiro atoms. The summed E-state index contributed by atoms with van der Waals surface area (Å²) in [6.45, 7) is 12.1. The van der Waals surface area contributed by atoms with Gasteiger partial charge in [0.05, 0.1) is 0 Å². The molecule has 8 nitrogen and oxygen atoms in total. The van der Waals surface area contributed by atoms with Gasteiger partial charge >= 0.3 is 6.09 Å². The second-order valence-electron chi connectivity index (χ2n) is 8.25. The molecule has 1 fully saturated rings. The normalized spacial score (nSPS) is 21.7. The summed E-state index contributed by atoms with van der Waals surface area (Å²) in [5.74, 6) is -0.529. The van der Waals surface area contributed by atoms with Gasteiger partial charge in [0.25, 0.3) is 5.91 Å². The molecular formula is C16H31N3O5Si.